The summed E-state index contributed by atoms with van der Waals surface area (Å²) in [7, 11) is 1.59. The number of carbonyl (C=O) groups excluding carboxylic acids is 3. The van der Waals surface area contributed by atoms with Crippen molar-refractivity contribution < 1.29 is 19.1 Å². The second kappa shape index (κ2) is 10.9. The van der Waals surface area contributed by atoms with Crippen LogP contribution in [0.15, 0.2) is 48.5 Å². The highest BCUT2D eigenvalue weighted by molar-refractivity contribution is 6.32. The zero-order valence-corrected chi connectivity index (χ0v) is 21.2. The molecule has 6 nitrogen and oxygen atoms in total. The van der Waals surface area contributed by atoms with Crippen molar-refractivity contribution in [3.05, 3.63) is 70.2 Å². The summed E-state index contributed by atoms with van der Waals surface area (Å²) in [6.45, 7) is 4.08. The van der Waals surface area contributed by atoms with Gasteiger partial charge in [-0.25, -0.2) is 0 Å². The smallest absolute Gasteiger partial charge is 0.240 e. The molecular formula is C28H33ClN2O4. The molecule has 0 saturated carbocycles. The number of halogens is 1. The number of aryl methyl sites for hydroxylation is 1. The minimum absolute atomic E-state index is 0.0522. The quantitative estimate of drug-likeness (QED) is 0.399. The van der Waals surface area contributed by atoms with E-state index in [-0.39, 0.29) is 43.0 Å². The summed E-state index contributed by atoms with van der Waals surface area (Å²) in [5.74, 6) is -0.456. The standard InChI is InChI=1S/C28H33ClN2O4/c1-20-9-3-4-11-22(20)21-10-7-14-30(19-21)25(32)17-28(23-12-5-6-13-24(23)29)18-26(33)31(27(28)34)15-8-16-35-2/h3-6,9,11-13,21H,7-8,10,14-19H2,1-2H3/t21-,28+/m1/s1. The van der Waals surface area contributed by atoms with E-state index in [1.807, 2.05) is 17.0 Å². The molecule has 186 valence electrons. The molecule has 2 saturated heterocycles. The zero-order chi connectivity index (χ0) is 25.0. The van der Waals surface area contributed by atoms with E-state index in [1.165, 1.54) is 16.0 Å². The van der Waals surface area contributed by atoms with Crippen LogP contribution in [-0.2, 0) is 24.5 Å². The molecule has 2 aliphatic heterocycles. The van der Waals surface area contributed by atoms with Crippen LogP contribution in [0.2, 0.25) is 5.02 Å². The highest BCUT2D eigenvalue weighted by atomic mass is 35.5. The van der Waals surface area contributed by atoms with Crippen molar-refractivity contribution in [2.24, 2.45) is 0 Å². The molecule has 3 amide bonds. The van der Waals surface area contributed by atoms with Gasteiger partial charge in [0, 0.05) is 57.1 Å². The molecule has 2 aromatic rings. The molecule has 0 spiro atoms. The molecule has 0 aromatic heterocycles. The first kappa shape index (κ1) is 25.4. The number of ether oxygens (including phenoxy) is 1. The Morgan fingerprint density at radius 3 is 2.63 bits per heavy atom. The van der Waals surface area contributed by atoms with Gasteiger partial charge in [0.1, 0.15) is 0 Å². The Kier molecular flexibility index (Phi) is 7.92. The van der Waals surface area contributed by atoms with Crippen LogP contribution >= 0.6 is 11.6 Å². The van der Waals surface area contributed by atoms with Crippen molar-refractivity contribution >= 4 is 29.3 Å². The lowest BCUT2D eigenvalue weighted by atomic mass is 9.75. The van der Waals surface area contributed by atoms with Crippen molar-refractivity contribution in [1.29, 1.82) is 0 Å². The average Bonchev–Trinajstić information content (AvgIpc) is 3.09. The first-order valence-corrected chi connectivity index (χ1v) is 12.7. The van der Waals surface area contributed by atoms with Gasteiger partial charge in [0.2, 0.25) is 17.7 Å². The third-order valence-corrected chi connectivity index (χ3v) is 7.71. The fraction of sp³-hybridized carbons (Fsp3) is 0.464. The second-order valence-electron chi connectivity index (χ2n) is 9.65. The molecule has 35 heavy (non-hydrogen) atoms. The molecule has 2 aliphatic rings. The molecule has 0 unspecified atom stereocenters. The summed E-state index contributed by atoms with van der Waals surface area (Å²) in [5, 5.41) is 0.400. The summed E-state index contributed by atoms with van der Waals surface area (Å²) >= 11 is 6.54. The molecular weight excluding hydrogens is 464 g/mol. The molecule has 2 atom stereocenters. The Bertz CT molecular complexity index is 1100. The lowest BCUT2D eigenvalue weighted by Gasteiger charge is -2.36. The molecule has 0 N–H and O–H groups in total. The van der Waals surface area contributed by atoms with E-state index in [9.17, 15) is 14.4 Å². The van der Waals surface area contributed by atoms with Gasteiger partial charge in [-0.05, 0) is 48.9 Å². The van der Waals surface area contributed by atoms with Crippen LogP contribution in [0.3, 0.4) is 0 Å². The van der Waals surface area contributed by atoms with Gasteiger partial charge in [-0.15, -0.1) is 0 Å². The maximum atomic E-state index is 13.8. The van der Waals surface area contributed by atoms with E-state index in [1.54, 1.807) is 31.4 Å². The molecule has 7 heteroatoms. The largest absolute Gasteiger partial charge is 0.385 e. The molecule has 0 aliphatic carbocycles. The number of nitrogens with zero attached hydrogens (tertiary/aromatic N) is 2. The number of imide groups is 1. The van der Waals surface area contributed by atoms with Gasteiger partial charge in [-0.1, -0.05) is 54.1 Å². The van der Waals surface area contributed by atoms with E-state index in [0.717, 1.165) is 12.8 Å². The van der Waals surface area contributed by atoms with Crippen LogP contribution in [0.1, 0.15) is 54.7 Å². The van der Waals surface area contributed by atoms with Crippen LogP contribution in [0.4, 0.5) is 0 Å². The highest BCUT2D eigenvalue weighted by Crippen LogP contribution is 2.43. The lowest BCUT2D eigenvalue weighted by Crippen LogP contribution is -2.46. The summed E-state index contributed by atoms with van der Waals surface area (Å²) < 4.78 is 5.10. The van der Waals surface area contributed by atoms with E-state index in [2.05, 4.69) is 19.1 Å². The van der Waals surface area contributed by atoms with Gasteiger partial charge in [0.05, 0.1) is 5.41 Å². The Balaban J connectivity index is 1.60. The van der Waals surface area contributed by atoms with Crippen LogP contribution in [-0.4, -0.2) is 60.9 Å². The predicted molar refractivity (Wildman–Crippen MR) is 135 cm³/mol. The van der Waals surface area contributed by atoms with Crippen LogP contribution in [0, 0.1) is 6.92 Å². The van der Waals surface area contributed by atoms with E-state index in [0.29, 0.717) is 36.7 Å². The normalized spacial score (nSPS) is 22.7. The van der Waals surface area contributed by atoms with Gasteiger partial charge in [-0.2, -0.15) is 0 Å². The lowest BCUT2D eigenvalue weighted by molar-refractivity contribution is -0.143. The number of hydrogen-bond acceptors (Lipinski definition) is 4. The number of amides is 3. The first-order chi connectivity index (χ1) is 16.9. The van der Waals surface area contributed by atoms with Crippen molar-refractivity contribution in [2.75, 3.05) is 33.4 Å². The highest BCUT2D eigenvalue weighted by Gasteiger charge is 2.54. The van der Waals surface area contributed by atoms with Crippen molar-refractivity contribution in [3.63, 3.8) is 0 Å². The third kappa shape index (κ3) is 5.14. The van der Waals surface area contributed by atoms with Gasteiger partial charge < -0.3 is 9.64 Å². The van der Waals surface area contributed by atoms with Gasteiger partial charge in [-0.3, -0.25) is 19.3 Å². The first-order valence-electron chi connectivity index (χ1n) is 12.3. The van der Waals surface area contributed by atoms with E-state index >= 15 is 0 Å². The predicted octanol–water partition coefficient (Wildman–Crippen LogP) is 4.48. The minimum Gasteiger partial charge on any atom is -0.385 e. The second-order valence-corrected chi connectivity index (χ2v) is 10.1. The SMILES string of the molecule is COCCCN1C(=O)C[C@@](CC(=O)N2CCC[C@@H](c3ccccc3C)C2)(c2ccccc2Cl)C1=O. The van der Waals surface area contributed by atoms with Gasteiger partial charge >= 0.3 is 0 Å². The molecule has 2 heterocycles. The number of piperidine rings is 1. The van der Waals surface area contributed by atoms with Crippen LogP contribution in [0.5, 0.6) is 0 Å². The maximum absolute atomic E-state index is 13.8. The van der Waals surface area contributed by atoms with Gasteiger partial charge in [0.25, 0.3) is 0 Å². The van der Waals surface area contributed by atoms with E-state index < -0.39 is 5.41 Å². The number of benzene rings is 2. The van der Waals surface area contributed by atoms with Crippen LogP contribution in [0.25, 0.3) is 0 Å². The average molecular weight is 497 g/mol. The fourth-order valence-electron chi connectivity index (χ4n) is 5.56. The number of methoxy groups -OCH3 is 1. The summed E-state index contributed by atoms with van der Waals surface area (Å²) in [4.78, 5) is 43.6. The maximum Gasteiger partial charge on any atom is 0.240 e. The molecule has 0 bridgehead atoms. The number of rotatable bonds is 8. The van der Waals surface area contributed by atoms with Crippen molar-refractivity contribution in [2.45, 2.75) is 50.4 Å². The minimum atomic E-state index is -1.28. The Hall–Kier alpha value is -2.70. The Morgan fingerprint density at radius 2 is 1.89 bits per heavy atom. The summed E-state index contributed by atoms with van der Waals surface area (Å²) in [5.41, 5.74) is 1.76. The topological polar surface area (TPSA) is 66.9 Å². The van der Waals surface area contributed by atoms with E-state index in [4.69, 9.17) is 16.3 Å². The van der Waals surface area contributed by atoms with Crippen molar-refractivity contribution in [1.82, 2.24) is 9.80 Å². The monoisotopic (exact) mass is 496 g/mol. The molecule has 4 rings (SSSR count). The fourth-order valence-corrected chi connectivity index (χ4v) is 5.88. The Labute approximate surface area is 212 Å². The van der Waals surface area contributed by atoms with Crippen molar-refractivity contribution in [3.8, 4) is 0 Å². The van der Waals surface area contributed by atoms with Gasteiger partial charge in [0.15, 0.2) is 0 Å². The number of likely N-dealkylation sites (tertiary alicyclic amines) is 2. The number of hydrogen-bond donors (Lipinski definition) is 0. The summed E-state index contributed by atoms with van der Waals surface area (Å²) in [6.07, 6.45) is 2.35. The molecule has 2 fully saturated rings. The molecule has 0 radical (unpaired) electrons. The summed E-state index contributed by atoms with van der Waals surface area (Å²) in [6, 6.07) is 15.4. The molecule has 2 aromatic carbocycles. The van der Waals surface area contributed by atoms with Crippen LogP contribution < -0.4 is 0 Å². The zero-order valence-electron chi connectivity index (χ0n) is 20.5. The third-order valence-electron chi connectivity index (χ3n) is 7.38. The Morgan fingerprint density at radius 1 is 1.14 bits per heavy atom. The number of carbonyl (C=O) groups is 3.